The van der Waals surface area contributed by atoms with Crippen LogP contribution in [0, 0.1) is 0 Å². The lowest BCUT2D eigenvalue weighted by molar-refractivity contribution is 0.852. The Bertz CT molecular complexity index is 278. The lowest BCUT2D eigenvalue weighted by atomic mass is 10.1. The summed E-state index contributed by atoms with van der Waals surface area (Å²) in [4.78, 5) is 0. The molecule has 0 heteroatoms. The molecule has 0 aromatic rings. The number of rotatable bonds is 10. The van der Waals surface area contributed by atoms with E-state index in [1.165, 1.54) is 44.1 Å². The molecule has 0 bridgehead atoms. The number of hydrogen-bond donors (Lipinski definition) is 0. The second-order valence-electron chi connectivity index (χ2n) is 4.99. The van der Waals surface area contributed by atoms with Crippen LogP contribution in [0.25, 0.3) is 0 Å². The van der Waals surface area contributed by atoms with Gasteiger partial charge in [0.2, 0.25) is 0 Å². The van der Waals surface area contributed by atoms with Gasteiger partial charge in [-0.05, 0) is 38.5 Å². The third-order valence-corrected chi connectivity index (χ3v) is 3.18. The maximum atomic E-state index is 3.72. The molecule has 0 saturated carbocycles. The predicted octanol–water partition coefficient (Wildman–Crippen LogP) is 7.40. The first-order valence-corrected chi connectivity index (χ1v) is 8.27. The van der Waals surface area contributed by atoms with E-state index >= 15 is 0 Å². The average Bonchev–Trinajstić information content (AvgIpc) is 2.48. The Hall–Kier alpha value is -1.04. The summed E-state index contributed by atoms with van der Waals surface area (Å²) in [6, 6.07) is 0. The number of unbranched alkanes of at least 4 members (excludes halogenated alkanes) is 1. The van der Waals surface area contributed by atoms with Crippen molar-refractivity contribution in [1.29, 1.82) is 0 Å². The van der Waals surface area contributed by atoms with Crippen LogP contribution < -0.4 is 0 Å². The summed E-state index contributed by atoms with van der Waals surface area (Å²) in [6.07, 6.45) is 18.0. The Morgan fingerprint density at radius 1 is 0.800 bits per heavy atom. The van der Waals surface area contributed by atoms with Crippen LogP contribution >= 0.6 is 0 Å². The van der Waals surface area contributed by atoms with Crippen molar-refractivity contribution < 1.29 is 0 Å². The molecule has 0 aromatic heterocycles. The van der Waals surface area contributed by atoms with Crippen LogP contribution in [0.3, 0.4) is 0 Å². The van der Waals surface area contributed by atoms with Gasteiger partial charge in [-0.1, -0.05) is 76.0 Å². The van der Waals surface area contributed by atoms with E-state index in [2.05, 4.69) is 53.0 Å². The van der Waals surface area contributed by atoms with E-state index < -0.39 is 0 Å². The van der Waals surface area contributed by atoms with Crippen molar-refractivity contribution in [1.82, 2.24) is 0 Å². The molecule has 0 nitrogen and oxygen atoms in total. The smallest absolute Gasteiger partial charge is 0.0142 e. The van der Waals surface area contributed by atoms with Crippen molar-refractivity contribution >= 4 is 0 Å². The fraction of sp³-hybridized carbons (Fsp3) is 0.600. The van der Waals surface area contributed by atoms with Gasteiger partial charge in [0.05, 0.1) is 0 Å². The van der Waals surface area contributed by atoms with Crippen molar-refractivity contribution in [2.45, 2.75) is 79.1 Å². The lowest BCUT2D eigenvalue weighted by Crippen LogP contribution is -1.79. The molecule has 0 unspecified atom stereocenters. The third-order valence-electron chi connectivity index (χ3n) is 3.18. The summed E-state index contributed by atoms with van der Waals surface area (Å²) in [7, 11) is 0. The summed E-state index contributed by atoms with van der Waals surface area (Å²) >= 11 is 0. The van der Waals surface area contributed by atoms with Gasteiger partial charge in [-0.2, -0.15) is 0 Å². The van der Waals surface area contributed by atoms with Crippen LogP contribution in [-0.4, -0.2) is 0 Å². The van der Waals surface area contributed by atoms with E-state index in [4.69, 9.17) is 0 Å². The van der Waals surface area contributed by atoms with E-state index in [9.17, 15) is 0 Å². The van der Waals surface area contributed by atoms with Crippen LogP contribution in [0.5, 0.6) is 0 Å². The second-order valence-corrected chi connectivity index (χ2v) is 4.99. The Kier molecular flexibility index (Phi) is 19.1. The molecule has 0 aliphatic carbocycles. The Labute approximate surface area is 128 Å². The van der Waals surface area contributed by atoms with Crippen molar-refractivity contribution in [3.63, 3.8) is 0 Å². The fourth-order valence-corrected chi connectivity index (χ4v) is 1.90. The maximum Gasteiger partial charge on any atom is -0.0142 e. The molecule has 0 rings (SSSR count). The van der Waals surface area contributed by atoms with Crippen LogP contribution in [0.1, 0.15) is 79.1 Å². The number of allylic oxidation sites excluding steroid dienone is 6. The molecule has 0 atom stereocenters. The van der Waals surface area contributed by atoms with E-state index in [1.807, 2.05) is 12.2 Å². The lowest BCUT2D eigenvalue weighted by Gasteiger charge is -1.99. The molecule has 0 heterocycles. The highest BCUT2D eigenvalue weighted by Gasteiger charge is 1.89. The van der Waals surface area contributed by atoms with E-state index in [1.54, 1.807) is 5.57 Å². The zero-order valence-corrected chi connectivity index (χ0v) is 14.4. The van der Waals surface area contributed by atoms with Gasteiger partial charge in [-0.15, -0.1) is 13.2 Å². The summed E-state index contributed by atoms with van der Waals surface area (Å²) in [5, 5.41) is 0. The van der Waals surface area contributed by atoms with Crippen LogP contribution in [0.4, 0.5) is 0 Å². The maximum absolute atomic E-state index is 3.72. The average molecular weight is 277 g/mol. The minimum atomic E-state index is 1.03. The Balaban J connectivity index is 0. The SMILES string of the molecule is C=CCC(=CCCC)CC.C=CCC=C(CC)CCC. The molecule has 0 aliphatic heterocycles. The first kappa shape index (κ1) is 21.3. The quantitative estimate of drug-likeness (QED) is 0.365. The second kappa shape index (κ2) is 18.0. The van der Waals surface area contributed by atoms with Crippen LogP contribution in [-0.2, 0) is 0 Å². The molecule has 0 fully saturated rings. The first-order chi connectivity index (χ1) is 9.69. The Morgan fingerprint density at radius 3 is 1.85 bits per heavy atom. The Morgan fingerprint density at radius 2 is 1.45 bits per heavy atom. The normalized spacial score (nSPS) is 11.6. The molecule has 0 N–H and O–H groups in total. The highest BCUT2D eigenvalue weighted by molar-refractivity contribution is 5.05. The van der Waals surface area contributed by atoms with Gasteiger partial charge in [0.15, 0.2) is 0 Å². The zero-order valence-electron chi connectivity index (χ0n) is 14.4. The van der Waals surface area contributed by atoms with Crippen LogP contribution in [0.2, 0.25) is 0 Å². The van der Waals surface area contributed by atoms with Gasteiger partial charge in [0, 0.05) is 0 Å². The third kappa shape index (κ3) is 15.0. The zero-order chi connectivity index (χ0) is 15.6. The molecule has 0 saturated heterocycles. The molecule has 0 radical (unpaired) electrons. The molecule has 0 aliphatic rings. The minimum Gasteiger partial charge on any atom is -0.103 e. The van der Waals surface area contributed by atoms with Gasteiger partial charge in [0.1, 0.15) is 0 Å². The van der Waals surface area contributed by atoms with Crippen LogP contribution in [0.15, 0.2) is 48.6 Å². The van der Waals surface area contributed by atoms with Gasteiger partial charge < -0.3 is 0 Å². The predicted molar refractivity (Wildman–Crippen MR) is 96.2 cm³/mol. The van der Waals surface area contributed by atoms with Gasteiger partial charge in [-0.3, -0.25) is 0 Å². The molecular weight excluding hydrogens is 240 g/mol. The van der Waals surface area contributed by atoms with E-state index in [-0.39, 0.29) is 0 Å². The molecule has 0 amide bonds. The molecule has 0 spiro atoms. The molecule has 20 heavy (non-hydrogen) atoms. The fourth-order valence-electron chi connectivity index (χ4n) is 1.90. The van der Waals surface area contributed by atoms with Crippen molar-refractivity contribution in [2.24, 2.45) is 0 Å². The van der Waals surface area contributed by atoms with Crippen molar-refractivity contribution in [3.8, 4) is 0 Å². The first-order valence-electron chi connectivity index (χ1n) is 8.27. The van der Waals surface area contributed by atoms with E-state index in [0.717, 1.165) is 12.8 Å². The summed E-state index contributed by atoms with van der Waals surface area (Å²) in [5.74, 6) is 0. The largest absolute Gasteiger partial charge is 0.103 e. The number of hydrogen-bond acceptors (Lipinski definition) is 0. The summed E-state index contributed by atoms with van der Waals surface area (Å²) in [6.45, 7) is 16.2. The molecule has 0 aromatic carbocycles. The summed E-state index contributed by atoms with van der Waals surface area (Å²) in [5.41, 5.74) is 3.10. The molecular formula is C20H36. The highest BCUT2D eigenvalue weighted by Crippen LogP contribution is 2.09. The van der Waals surface area contributed by atoms with Gasteiger partial charge in [0.25, 0.3) is 0 Å². The monoisotopic (exact) mass is 276 g/mol. The standard InChI is InChI=1S/2C10H18/c2*1-4-7-9-10(6-3)8-5-2/h5,9H,2,4,6-8H2,1,3H3;4,9H,1,5-8H2,2-3H3. The van der Waals surface area contributed by atoms with Crippen molar-refractivity contribution in [3.05, 3.63) is 48.6 Å². The topological polar surface area (TPSA) is 0 Å². The minimum absolute atomic E-state index is 1.03. The van der Waals surface area contributed by atoms with E-state index in [0.29, 0.717) is 0 Å². The highest BCUT2D eigenvalue weighted by atomic mass is 14.0. The molecule has 116 valence electrons. The van der Waals surface area contributed by atoms with Crippen molar-refractivity contribution in [2.75, 3.05) is 0 Å². The summed E-state index contributed by atoms with van der Waals surface area (Å²) < 4.78 is 0. The van der Waals surface area contributed by atoms with Gasteiger partial charge in [-0.25, -0.2) is 0 Å². The van der Waals surface area contributed by atoms with Gasteiger partial charge >= 0.3 is 0 Å².